The minimum absolute atomic E-state index is 0. The SMILES string of the molecule is C#[C][Zn].Cl. The molecule has 4 heavy (non-hydrogen) atoms. The van der Waals surface area contributed by atoms with Gasteiger partial charge in [-0.3, -0.25) is 0 Å². The van der Waals surface area contributed by atoms with E-state index in [9.17, 15) is 0 Å². The Hall–Kier alpha value is 0.473. The van der Waals surface area contributed by atoms with Crippen LogP contribution in [-0.2, 0) is 18.3 Å². The largest absolute Gasteiger partial charge is 0.147 e. The average Bonchev–Trinajstić information content (AvgIpc) is 0.918. The van der Waals surface area contributed by atoms with Crippen molar-refractivity contribution in [1.29, 1.82) is 0 Å². The van der Waals surface area contributed by atoms with Gasteiger partial charge in [-0.2, -0.15) is 0 Å². The van der Waals surface area contributed by atoms with Crippen molar-refractivity contribution in [2.45, 2.75) is 0 Å². The molecule has 0 rings (SSSR count). The fraction of sp³-hybridized carbons (Fsp3) is 0. The van der Waals surface area contributed by atoms with E-state index in [0.717, 1.165) is 18.3 Å². The normalized spacial score (nSPS) is 2.25. The number of terminal acetylenes is 1. The summed E-state index contributed by atoms with van der Waals surface area (Å²) >= 11 is 0.972. The van der Waals surface area contributed by atoms with Gasteiger partial charge in [0.25, 0.3) is 0 Å². The molecule has 0 atom stereocenters. The first kappa shape index (κ1) is 8.82. The first-order valence-corrected chi connectivity index (χ1v) is 2.13. The summed E-state index contributed by atoms with van der Waals surface area (Å²) in [7, 11) is 0. The third-order valence-electron chi connectivity index (χ3n) is 0. The van der Waals surface area contributed by atoms with Gasteiger partial charge in [-0.05, 0) is 0 Å². The number of rotatable bonds is 0. The molecule has 0 amide bonds. The zero-order valence-corrected chi connectivity index (χ0v) is 5.98. The molecule has 0 aromatic rings. The molecule has 0 aliphatic carbocycles. The van der Waals surface area contributed by atoms with E-state index in [1.165, 1.54) is 0 Å². The van der Waals surface area contributed by atoms with Crippen molar-refractivity contribution in [3.63, 3.8) is 0 Å². The van der Waals surface area contributed by atoms with Crippen LogP contribution in [0.15, 0.2) is 0 Å². The maximum absolute atomic E-state index is 4.65. The molecule has 0 unspecified atom stereocenters. The van der Waals surface area contributed by atoms with Crippen LogP contribution in [0.1, 0.15) is 0 Å². The van der Waals surface area contributed by atoms with Crippen LogP contribution in [-0.4, -0.2) is 0 Å². The first-order valence-electron chi connectivity index (χ1n) is 0.642. The van der Waals surface area contributed by atoms with Gasteiger partial charge in [-0.15, -0.1) is 12.4 Å². The summed E-state index contributed by atoms with van der Waals surface area (Å²) in [5.74, 6) is 0. The van der Waals surface area contributed by atoms with Crippen LogP contribution in [0.4, 0.5) is 0 Å². The Kier molecular flexibility index (Phi) is 21.6. The van der Waals surface area contributed by atoms with Crippen LogP contribution < -0.4 is 0 Å². The van der Waals surface area contributed by atoms with E-state index in [1.807, 2.05) is 0 Å². The van der Waals surface area contributed by atoms with Gasteiger partial charge in [0.05, 0.1) is 0 Å². The third kappa shape index (κ3) is 24.0. The van der Waals surface area contributed by atoms with Crippen LogP contribution in [0.25, 0.3) is 0 Å². The van der Waals surface area contributed by atoms with Crippen molar-refractivity contribution < 1.29 is 18.3 Å². The maximum atomic E-state index is 4.65. The monoisotopic (exact) mass is 125 g/mol. The van der Waals surface area contributed by atoms with Gasteiger partial charge in [0, 0.05) is 0 Å². The quantitative estimate of drug-likeness (QED) is 0.329. The zero-order chi connectivity index (χ0) is 2.71. The van der Waals surface area contributed by atoms with Gasteiger partial charge in [0.2, 0.25) is 0 Å². The average molecular weight is 127 g/mol. The summed E-state index contributed by atoms with van der Waals surface area (Å²) in [6.07, 6.45) is 4.65. The van der Waals surface area contributed by atoms with E-state index in [2.05, 4.69) is 10.9 Å². The smallest absolute Gasteiger partial charge is 0.147 e. The molecule has 0 saturated heterocycles. The van der Waals surface area contributed by atoms with Crippen molar-refractivity contribution in [1.82, 2.24) is 0 Å². The Morgan fingerprint density at radius 1 is 1.75 bits per heavy atom. The van der Waals surface area contributed by atoms with Crippen molar-refractivity contribution in [2.24, 2.45) is 0 Å². The second kappa shape index (κ2) is 9.79. The molecular formula is C2H2ClZn. The van der Waals surface area contributed by atoms with Crippen LogP contribution in [0.3, 0.4) is 0 Å². The summed E-state index contributed by atoms with van der Waals surface area (Å²) < 4.78 is 2.38. The molecular weight excluding hydrogens is 125 g/mol. The standard InChI is InChI=1S/C2H.ClH.Zn/c1-2;;/h1H;1H;. The second-order valence-corrected chi connectivity index (χ2v) is 1.06. The topological polar surface area (TPSA) is 0 Å². The van der Waals surface area contributed by atoms with Gasteiger partial charge in [-0.1, -0.05) is 0 Å². The van der Waals surface area contributed by atoms with E-state index in [4.69, 9.17) is 0 Å². The molecule has 0 saturated carbocycles. The molecule has 0 spiro atoms. The molecule has 0 radical (unpaired) electrons. The minimum Gasteiger partial charge on any atom is -0.147 e. The first-order chi connectivity index (χ1) is 1.41. The molecule has 2 heteroatoms. The van der Waals surface area contributed by atoms with Crippen molar-refractivity contribution in [3.8, 4) is 10.9 Å². The molecule has 0 aromatic carbocycles. The van der Waals surface area contributed by atoms with Crippen LogP contribution in [0.2, 0.25) is 0 Å². The summed E-state index contributed by atoms with van der Waals surface area (Å²) in [4.78, 5) is 0. The minimum atomic E-state index is 0. The molecule has 0 bridgehead atoms. The Labute approximate surface area is 42.1 Å². The van der Waals surface area contributed by atoms with Gasteiger partial charge in [0.1, 0.15) is 0 Å². The summed E-state index contributed by atoms with van der Waals surface area (Å²) in [5.41, 5.74) is 0. The number of halogens is 1. The predicted molar refractivity (Wildman–Crippen MR) is 16.1 cm³/mol. The van der Waals surface area contributed by atoms with Gasteiger partial charge in [-0.25, -0.2) is 0 Å². The van der Waals surface area contributed by atoms with Gasteiger partial charge < -0.3 is 0 Å². The molecule has 0 aliphatic heterocycles. The molecule has 0 nitrogen and oxygen atoms in total. The van der Waals surface area contributed by atoms with Crippen LogP contribution >= 0.6 is 12.4 Å². The molecule has 0 aliphatic rings. The summed E-state index contributed by atoms with van der Waals surface area (Å²) in [5, 5.41) is 0. The predicted octanol–water partition coefficient (Wildman–Crippen LogP) is 0.546. The second-order valence-electron chi connectivity index (χ2n) is 0.204. The summed E-state index contributed by atoms with van der Waals surface area (Å²) in [6, 6.07) is 0. The Balaban J connectivity index is 0. The van der Waals surface area contributed by atoms with Gasteiger partial charge >= 0.3 is 29.2 Å². The zero-order valence-electron chi connectivity index (χ0n) is 2.19. The van der Waals surface area contributed by atoms with Gasteiger partial charge in [0.15, 0.2) is 0 Å². The Bertz CT molecular complexity index is 27.5. The Morgan fingerprint density at radius 3 is 1.75 bits per heavy atom. The Morgan fingerprint density at radius 2 is 1.75 bits per heavy atom. The molecule has 0 aromatic heterocycles. The summed E-state index contributed by atoms with van der Waals surface area (Å²) in [6.45, 7) is 0. The molecule has 19 valence electrons. The number of hydrogen-bond acceptors (Lipinski definition) is 0. The van der Waals surface area contributed by atoms with E-state index < -0.39 is 0 Å². The van der Waals surface area contributed by atoms with Crippen LogP contribution in [0.5, 0.6) is 0 Å². The number of hydrogen-bond donors (Lipinski definition) is 0. The van der Waals surface area contributed by atoms with E-state index >= 15 is 0 Å². The van der Waals surface area contributed by atoms with Crippen molar-refractivity contribution >= 4 is 12.4 Å². The van der Waals surface area contributed by atoms with E-state index in [-0.39, 0.29) is 12.4 Å². The molecule has 0 heterocycles. The fourth-order valence-corrected chi connectivity index (χ4v) is 0. The van der Waals surface area contributed by atoms with Crippen LogP contribution in [0, 0.1) is 10.9 Å². The van der Waals surface area contributed by atoms with E-state index in [1.54, 1.807) is 0 Å². The fourth-order valence-electron chi connectivity index (χ4n) is 0. The molecule has 0 fully saturated rings. The molecule has 0 N–H and O–H groups in total. The third-order valence-corrected chi connectivity index (χ3v) is 0. The van der Waals surface area contributed by atoms with Crippen molar-refractivity contribution in [3.05, 3.63) is 0 Å². The maximum Gasteiger partial charge on any atom is -0.147 e. The van der Waals surface area contributed by atoms with E-state index in [0.29, 0.717) is 0 Å². The van der Waals surface area contributed by atoms with Crippen molar-refractivity contribution in [2.75, 3.05) is 0 Å².